The molecular formula is C15H28IN3S2. The lowest BCUT2D eigenvalue weighted by Crippen LogP contribution is -2.38. The number of hydrogen-bond acceptors (Lipinski definition) is 3. The highest BCUT2D eigenvalue weighted by molar-refractivity contribution is 14.0. The largest absolute Gasteiger partial charge is 0.357 e. The Morgan fingerprint density at radius 3 is 2.81 bits per heavy atom. The summed E-state index contributed by atoms with van der Waals surface area (Å²) >= 11 is 3.66. The molecule has 0 aliphatic rings. The van der Waals surface area contributed by atoms with Crippen molar-refractivity contribution in [3.63, 3.8) is 0 Å². The van der Waals surface area contributed by atoms with E-state index in [0.717, 1.165) is 25.6 Å². The minimum absolute atomic E-state index is 0. The Balaban J connectivity index is 0.00000400. The number of guanidine groups is 1. The van der Waals surface area contributed by atoms with Crippen LogP contribution in [0, 0.1) is 0 Å². The van der Waals surface area contributed by atoms with E-state index in [9.17, 15) is 0 Å². The molecule has 0 aromatic carbocycles. The first-order valence-corrected chi connectivity index (χ1v) is 9.64. The van der Waals surface area contributed by atoms with Crippen molar-refractivity contribution in [1.29, 1.82) is 0 Å². The van der Waals surface area contributed by atoms with Crippen LogP contribution in [0.1, 0.15) is 38.2 Å². The predicted molar refractivity (Wildman–Crippen MR) is 110 cm³/mol. The molecule has 122 valence electrons. The Morgan fingerprint density at radius 2 is 2.19 bits per heavy atom. The third-order valence-corrected chi connectivity index (χ3v) is 4.45. The maximum Gasteiger partial charge on any atom is 0.191 e. The summed E-state index contributed by atoms with van der Waals surface area (Å²) in [6.07, 6.45) is 4.62. The van der Waals surface area contributed by atoms with E-state index in [0.29, 0.717) is 5.92 Å². The molecule has 0 amide bonds. The fourth-order valence-corrected chi connectivity index (χ4v) is 3.08. The number of halogens is 1. The molecule has 2 N–H and O–H groups in total. The molecule has 0 aliphatic carbocycles. The zero-order chi connectivity index (χ0) is 14.6. The van der Waals surface area contributed by atoms with Gasteiger partial charge in [-0.25, -0.2) is 0 Å². The number of rotatable bonds is 9. The van der Waals surface area contributed by atoms with Gasteiger partial charge in [-0.05, 0) is 54.2 Å². The van der Waals surface area contributed by atoms with E-state index in [4.69, 9.17) is 0 Å². The van der Waals surface area contributed by atoms with E-state index in [1.807, 2.05) is 11.8 Å². The number of aliphatic imine (C=N–C) groups is 1. The normalized spacial score (nSPS) is 12.6. The summed E-state index contributed by atoms with van der Waals surface area (Å²) in [6.45, 7) is 7.07. The van der Waals surface area contributed by atoms with E-state index in [2.05, 4.69) is 52.6 Å². The van der Waals surface area contributed by atoms with Gasteiger partial charge >= 0.3 is 0 Å². The molecular weight excluding hydrogens is 413 g/mol. The van der Waals surface area contributed by atoms with Crippen LogP contribution in [0.3, 0.4) is 0 Å². The second-order valence-electron chi connectivity index (χ2n) is 4.80. The van der Waals surface area contributed by atoms with Crippen LogP contribution in [0.15, 0.2) is 21.8 Å². The van der Waals surface area contributed by atoms with Gasteiger partial charge in [0.15, 0.2) is 5.96 Å². The summed E-state index contributed by atoms with van der Waals surface area (Å²) in [6, 6.07) is 2.19. The molecule has 3 nitrogen and oxygen atoms in total. The molecule has 1 heterocycles. The summed E-state index contributed by atoms with van der Waals surface area (Å²) in [7, 11) is 0. The predicted octanol–water partition coefficient (Wildman–Crippen LogP) is 4.17. The molecule has 0 radical (unpaired) electrons. The average molecular weight is 441 g/mol. The summed E-state index contributed by atoms with van der Waals surface area (Å²) in [4.78, 5) is 4.68. The van der Waals surface area contributed by atoms with Crippen LogP contribution in [0.4, 0.5) is 0 Å². The Kier molecular flexibility index (Phi) is 13.7. The van der Waals surface area contributed by atoms with E-state index >= 15 is 0 Å². The minimum atomic E-state index is 0. The van der Waals surface area contributed by atoms with Crippen LogP contribution < -0.4 is 10.6 Å². The van der Waals surface area contributed by atoms with E-state index in [1.165, 1.54) is 24.2 Å². The first kappa shape index (κ1) is 21.0. The molecule has 21 heavy (non-hydrogen) atoms. The fraction of sp³-hybridized carbons (Fsp3) is 0.667. The van der Waals surface area contributed by atoms with Crippen molar-refractivity contribution in [3.05, 3.63) is 22.4 Å². The minimum Gasteiger partial charge on any atom is -0.357 e. The van der Waals surface area contributed by atoms with Crippen molar-refractivity contribution in [2.75, 3.05) is 31.6 Å². The van der Waals surface area contributed by atoms with Crippen molar-refractivity contribution in [1.82, 2.24) is 10.6 Å². The number of nitrogens with zero attached hydrogens (tertiary/aromatic N) is 1. The molecule has 0 spiro atoms. The molecule has 1 aromatic rings. The lowest BCUT2D eigenvalue weighted by Gasteiger charge is -2.13. The first-order valence-electron chi connectivity index (χ1n) is 7.31. The SMILES string of the molecule is CCNC(=NCC(C)c1ccsc1)NCCCCSC.I. The third-order valence-electron chi connectivity index (χ3n) is 3.05. The van der Waals surface area contributed by atoms with Crippen molar-refractivity contribution in [3.8, 4) is 0 Å². The highest BCUT2D eigenvalue weighted by Crippen LogP contribution is 2.18. The maximum atomic E-state index is 4.68. The molecule has 1 aromatic heterocycles. The van der Waals surface area contributed by atoms with Crippen molar-refractivity contribution in [2.45, 2.75) is 32.6 Å². The highest BCUT2D eigenvalue weighted by Gasteiger charge is 2.05. The lowest BCUT2D eigenvalue weighted by atomic mass is 10.1. The van der Waals surface area contributed by atoms with Crippen molar-refractivity contribution in [2.24, 2.45) is 4.99 Å². The van der Waals surface area contributed by atoms with Crippen LogP contribution in [-0.2, 0) is 0 Å². The van der Waals surface area contributed by atoms with E-state index < -0.39 is 0 Å². The topological polar surface area (TPSA) is 36.4 Å². The Bertz CT molecular complexity index is 369. The maximum absolute atomic E-state index is 4.68. The number of nitrogens with one attached hydrogen (secondary N) is 2. The van der Waals surface area contributed by atoms with Crippen LogP contribution in [-0.4, -0.2) is 37.6 Å². The van der Waals surface area contributed by atoms with Gasteiger partial charge in [-0.2, -0.15) is 23.1 Å². The van der Waals surface area contributed by atoms with Gasteiger partial charge in [-0.1, -0.05) is 6.92 Å². The molecule has 1 unspecified atom stereocenters. The van der Waals surface area contributed by atoms with Gasteiger partial charge in [-0.15, -0.1) is 24.0 Å². The standard InChI is InChI=1S/C15H27N3S2.HI/c1-4-16-15(17-8-5-6-9-19-3)18-11-13(2)14-7-10-20-12-14;/h7,10,12-13H,4-6,8-9,11H2,1-3H3,(H2,16,17,18);1H. The summed E-state index contributed by atoms with van der Waals surface area (Å²) in [5.41, 5.74) is 1.38. The first-order chi connectivity index (χ1) is 9.77. The smallest absolute Gasteiger partial charge is 0.191 e. The van der Waals surface area contributed by atoms with Gasteiger partial charge in [-0.3, -0.25) is 4.99 Å². The zero-order valence-corrected chi connectivity index (χ0v) is 17.2. The van der Waals surface area contributed by atoms with Gasteiger partial charge in [0.2, 0.25) is 0 Å². The number of thiophene rings is 1. The third kappa shape index (κ3) is 9.63. The van der Waals surface area contributed by atoms with Gasteiger partial charge in [0.1, 0.15) is 0 Å². The van der Waals surface area contributed by atoms with Crippen LogP contribution in [0.2, 0.25) is 0 Å². The molecule has 6 heteroatoms. The second kappa shape index (κ2) is 13.7. The van der Waals surface area contributed by atoms with Gasteiger partial charge in [0.05, 0.1) is 0 Å². The number of thioether (sulfide) groups is 1. The Morgan fingerprint density at radius 1 is 1.38 bits per heavy atom. The number of hydrogen-bond donors (Lipinski definition) is 2. The monoisotopic (exact) mass is 441 g/mol. The highest BCUT2D eigenvalue weighted by atomic mass is 127. The summed E-state index contributed by atoms with van der Waals surface area (Å²) < 4.78 is 0. The second-order valence-corrected chi connectivity index (χ2v) is 6.57. The van der Waals surface area contributed by atoms with E-state index in [-0.39, 0.29) is 24.0 Å². The zero-order valence-electron chi connectivity index (χ0n) is 13.2. The summed E-state index contributed by atoms with van der Waals surface area (Å²) in [5, 5.41) is 11.1. The average Bonchev–Trinajstić information content (AvgIpc) is 2.98. The van der Waals surface area contributed by atoms with Crippen LogP contribution >= 0.6 is 47.1 Å². The Labute approximate surface area is 154 Å². The van der Waals surface area contributed by atoms with E-state index in [1.54, 1.807) is 11.3 Å². The lowest BCUT2D eigenvalue weighted by molar-refractivity contribution is 0.719. The Hall–Kier alpha value is 0.0500. The van der Waals surface area contributed by atoms with Crippen LogP contribution in [0.5, 0.6) is 0 Å². The van der Waals surface area contributed by atoms with Crippen LogP contribution in [0.25, 0.3) is 0 Å². The van der Waals surface area contributed by atoms with Gasteiger partial charge in [0, 0.05) is 25.6 Å². The van der Waals surface area contributed by atoms with Crippen molar-refractivity contribution < 1.29 is 0 Å². The molecule has 0 bridgehead atoms. The molecule has 1 atom stereocenters. The summed E-state index contributed by atoms with van der Waals surface area (Å²) in [5.74, 6) is 2.66. The molecule has 0 saturated carbocycles. The molecule has 1 rings (SSSR count). The molecule has 0 aliphatic heterocycles. The van der Waals surface area contributed by atoms with Gasteiger partial charge in [0.25, 0.3) is 0 Å². The van der Waals surface area contributed by atoms with Gasteiger partial charge < -0.3 is 10.6 Å². The fourth-order valence-electron chi connectivity index (χ4n) is 1.81. The molecule has 0 saturated heterocycles. The van der Waals surface area contributed by atoms with Crippen molar-refractivity contribution >= 4 is 53.0 Å². The quantitative estimate of drug-likeness (QED) is 0.261. The molecule has 0 fully saturated rings. The number of unbranched alkanes of at least 4 members (excludes halogenated alkanes) is 1.